The van der Waals surface area contributed by atoms with Crippen LogP contribution in [-0.2, 0) is 27.1 Å². The van der Waals surface area contributed by atoms with Gasteiger partial charge in [0.25, 0.3) is 0 Å². The zero-order valence-electron chi connectivity index (χ0n) is 11.0. The summed E-state index contributed by atoms with van der Waals surface area (Å²) in [5, 5.41) is 8.38. The molecule has 0 saturated heterocycles. The summed E-state index contributed by atoms with van der Waals surface area (Å²) in [6, 6.07) is 4.40. The fourth-order valence-corrected chi connectivity index (χ4v) is 1.56. The number of carboxylic acid groups (broad SMARTS) is 1. The normalized spacial score (nSPS) is 11.0. The molecule has 0 bridgehead atoms. The van der Waals surface area contributed by atoms with E-state index in [9.17, 15) is 27.6 Å². The second-order valence-electron chi connectivity index (χ2n) is 4.35. The number of hydrogen-bond donors (Lipinski definition) is 1. The van der Waals surface area contributed by atoms with Crippen molar-refractivity contribution < 1.29 is 32.7 Å². The highest BCUT2D eigenvalue weighted by atomic mass is 19.4. The standard InChI is InChI=1S/C13H12F3NO4/c1-17(11(19)6-10(18)12(20)21)7-8-3-2-4-9(5-8)13(14,15)16/h2-5H,6-7H2,1H3,(H,20,21). The number of rotatable bonds is 5. The molecule has 114 valence electrons. The first kappa shape index (κ1) is 16.7. The van der Waals surface area contributed by atoms with Gasteiger partial charge in [0.1, 0.15) is 0 Å². The van der Waals surface area contributed by atoms with Crippen molar-refractivity contribution in [3.05, 3.63) is 35.4 Å². The molecule has 0 unspecified atom stereocenters. The van der Waals surface area contributed by atoms with Crippen LogP contribution in [0.4, 0.5) is 13.2 Å². The van der Waals surface area contributed by atoms with Crippen LogP contribution in [0.3, 0.4) is 0 Å². The number of nitrogens with zero attached hydrogens (tertiary/aromatic N) is 1. The smallest absolute Gasteiger partial charge is 0.416 e. The van der Waals surface area contributed by atoms with Crippen LogP contribution in [0, 0.1) is 0 Å². The molecule has 0 radical (unpaired) electrons. The van der Waals surface area contributed by atoms with Crippen molar-refractivity contribution >= 4 is 17.7 Å². The minimum atomic E-state index is -4.49. The van der Waals surface area contributed by atoms with Gasteiger partial charge in [-0.05, 0) is 17.7 Å². The third-order valence-corrected chi connectivity index (χ3v) is 2.65. The Balaban J connectivity index is 2.75. The van der Waals surface area contributed by atoms with E-state index in [1.54, 1.807) is 0 Å². The van der Waals surface area contributed by atoms with Crippen LogP contribution in [0.2, 0.25) is 0 Å². The van der Waals surface area contributed by atoms with E-state index in [0.29, 0.717) is 0 Å². The number of carbonyl (C=O) groups is 3. The maximum Gasteiger partial charge on any atom is 0.416 e. The van der Waals surface area contributed by atoms with Gasteiger partial charge in [-0.1, -0.05) is 12.1 Å². The number of Topliss-reactive ketones (excluding diaryl/α,β-unsaturated/α-hetero) is 1. The SMILES string of the molecule is CN(Cc1cccc(C(F)(F)F)c1)C(=O)CC(=O)C(=O)O. The Hall–Kier alpha value is -2.38. The van der Waals surface area contributed by atoms with Crippen molar-refractivity contribution in [2.75, 3.05) is 7.05 Å². The first-order valence-corrected chi connectivity index (χ1v) is 5.77. The minimum absolute atomic E-state index is 0.157. The molecule has 1 aromatic rings. The van der Waals surface area contributed by atoms with E-state index < -0.39 is 35.8 Å². The van der Waals surface area contributed by atoms with Crippen molar-refractivity contribution in [1.29, 1.82) is 0 Å². The van der Waals surface area contributed by atoms with Gasteiger partial charge in [0.05, 0.1) is 12.0 Å². The van der Waals surface area contributed by atoms with E-state index in [4.69, 9.17) is 5.11 Å². The Morgan fingerprint density at radius 1 is 1.24 bits per heavy atom. The molecule has 0 fully saturated rings. The number of aliphatic carboxylic acids is 1. The van der Waals surface area contributed by atoms with Crippen LogP contribution in [0.1, 0.15) is 17.5 Å². The van der Waals surface area contributed by atoms with E-state index in [1.165, 1.54) is 19.2 Å². The average molecular weight is 303 g/mol. The van der Waals surface area contributed by atoms with Gasteiger partial charge < -0.3 is 10.0 Å². The molecule has 1 aromatic carbocycles. The van der Waals surface area contributed by atoms with Gasteiger partial charge in [-0.15, -0.1) is 0 Å². The van der Waals surface area contributed by atoms with E-state index in [0.717, 1.165) is 17.0 Å². The van der Waals surface area contributed by atoms with Crippen LogP contribution in [0.5, 0.6) is 0 Å². The lowest BCUT2D eigenvalue weighted by Crippen LogP contribution is -2.30. The maximum atomic E-state index is 12.5. The molecular formula is C13H12F3NO4. The van der Waals surface area contributed by atoms with Crippen molar-refractivity contribution in [2.24, 2.45) is 0 Å². The highest BCUT2D eigenvalue weighted by molar-refractivity contribution is 6.36. The van der Waals surface area contributed by atoms with E-state index in [-0.39, 0.29) is 12.1 Å². The number of benzene rings is 1. The molecule has 0 aromatic heterocycles. The largest absolute Gasteiger partial charge is 0.475 e. The Labute approximate surface area is 118 Å². The fraction of sp³-hybridized carbons (Fsp3) is 0.308. The molecule has 8 heteroatoms. The van der Waals surface area contributed by atoms with E-state index >= 15 is 0 Å². The van der Waals surface area contributed by atoms with Crippen molar-refractivity contribution in [2.45, 2.75) is 19.1 Å². The molecule has 1 amide bonds. The second-order valence-corrected chi connectivity index (χ2v) is 4.35. The molecule has 0 atom stereocenters. The third kappa shape index (κ3) is 4.90. The highest BCUT2D eigenvalue weighted by Gasteiger charge is 2.30. The first-order chi connectivity index (χ1) is 9.61. The van der Waals surface area contributed by atoms with E-state index in [1.807, 2.05) is 0 Å². The molecule has 0 aliphatic heterocycles. The average Bonchev–Trinajstić information content (AvgIpc) is 2.37. The predicted molar refractivity (Wildman–Crippen MR) is 65.2 cm³/mol. The number of amides is 1. The summed E-state index contributed by atoms with van der Waals surface area (Å²) < 4.78 is 37.6. The van der Waals surface area contributed by atoms with Crippen LogP contribution >= 0.6 is 0 Å². The summed E-state index contributed by atoms with van der Waals surface area (Å²) in [4.78, 5) is 33.8. The molecule has 0 saturated carbocycles. The van der Waals surface area contributed by atoms with Gasteiger partial charge in [-0.3, -0.25) is 9.59 Å². The van der Waals surface area contributed by atoms with Gasteiger partial charge in [0, 0.05) is 13.6 Å². The van der Waals surface area contributed by atoms with Gasteiger partial charge in [-0.25, -0.2) is 4.79 Å². The summed E-state index contributed by atoms with van der Waals surface area (Å²) in [6.07, 6.45) is -5.32. The number of carbonyl (C=O) groups excluding carboxylic acids is 2. The fourth-order valence-electron chi connectivity index (χ4n) is 1.56. The highest BCUT2D eigenvalue weighted by Crippen LogP contribution is 2.29. The predicted octanol–water partition coefficient (Wildman–Crippen LogP) is 1.71. The molecule has 5 nitrogen and oxygen atoms in total. The number of ketones is 1. The Kier molecular flexibility index (Phi) is 5.07. The van der Waals surface area contributed by atoms with Gasteiger partial charge in [-0.2, -0.15) is 13.2 Å². The van der Waals surface area contributed by atoms with Crippen LogP contribution < -0.4 is 0 Å². The quantitative estimate of drug-likeness (QED) is 0.664. The maximum absolute atomic E-state index is 12.5. The zero-order valence-corrected chi connectivity index (χ0v) is 11.0. The summed E-state index contributed by atoms with van der Waals surface area (Å²) in [6.45, 7) is -0.157. The van der Waals surface area contributed by atoms with Crippen molar-refractivity contribution in [1.82, 2.24) is 4.90 Å². The molecule has 0 aliphatic rings. The Morgan fingerprint density at radius 2 is 1.86 bits per heavy atom. The minimum Gasteiger partial charge on any atom is -0.475 e. The lowest BCUT2D eigenvalue weighted by atomic mass is 10.1. The monoisotopic (exact) mass is 303 g/mol. The lowest BCUT2D eigenvalue weighted by molar-refractivity contribution is -0.151. The summed E-state index contributed by atoms with van der Waals surface area (Å²) in [7, 11) is 1.28. The second kappa shape index (κ2) is 6.38. The molecule has 1 N–H and O–H groups in total. The van der Waals surface area contributed by atoms with E-state index in [2.05, 4.69) is 0 Å². The Morgan fingerprint density at radius 3 is 2.38 bits per heavy atom. The summed E-state index contributed by atoms with van der Waals surface area (Å²) in [5.41, 5.74) is -0.620. The van der Waals surface area contributed by atoms with Gasteiger partial charge in [0.15, 0.2) is 0 Å². The first-order valence-electron chi connectivity index (χ1n) is 5.77. The van der Waals surface area contributed by atoms with Gasteiger partial charge in [0.2, 0.25) is 11.7 Å². The molecule has 21 heavy (non-hydrogen) atoms. The molecule has 0 spiro atoms. The van der Waals surface area contributed by atoms with Crippen LogP contribution in [0.15, 0.2) is 24.3 Å². The number of halogens is 3. The van der Waals surface area contributed by atoms with Gasteiger partial charge >= 0.3 is 12.1 Å². The molecule has 0 heterocycles. The Bertz CT molecular complexity index is 569. The lowest BCUT2D eigenvalue weighted by Gasteiger charge is -2.17. The topological polar surface area (TPSA) is 74.7 Å². The zero-order chi connectivity index (χ0) is 16.2. The number of carboxylic acids is 1. The summed E-state index contributed by atoms with van der Waals surface area (Å²) in [5.74, 6) is -3.77. The number of alkyl halides is 3. The van der Waals surface area contributed by atoms with Crippen LogP contribution in [-0.4, -0.2) is 34.7 Å². The van der Waals surface area contributed by atoms with Crippen molar-refractivity contribution in [3.63, 3.8) is 0 Å². The van der Waals surface area contributed by atoms with Crippen LogP contribution in [0.25, 0.3) is 0 Å². The summed E-state index contributed by atoms with van der Waals surface area (Å²) >= 11 is 0. The number of hydrogen-bond acceptors (Lipinski definition) is 3. The molecule has 0 aliphatic carbocycles. The molecule has 1 rings (SSSR count). The van der Waals surface area contributed by atoms with Crippen molar-refractivity contribution in [3.8, 4) is 0 Å². The molecular weight excluding hydrogens is 291 g/mol. The third-order valence-electron chi connectivity index (χ3n) is 2.65.